The van der Waals surface area contributed by atoms with Crippen molar-refractivity contribution in [2.75, 3.05) is 32.1 Å². The van der Waals surface area contributed by atoms with E-state index in [9.17, 15) is 0 Å². The summed E-state index contributed by atoms with van der Waals surface area (Å²) < 4.78 is 7.28. The quantitative estimate of drug-likeness (QED) is 0.415. The zero-order valence-corrected chi connectivity index (χ0v) is 20.4. The maximum atomic E-state index is 6.48. The van der Waals surface area contributed by atoms with E-state index in [0.29, 0.717) is 10.9 Å². The lowest BCUT2D eigenvalue weighted by molar-refractivity contribution is 0.173. The summed E-state index contributed by atoms with van der Waals surface area (Å²) in [5.74, 6) is 2.42. The second kappa shape index (κ2) is 10.1. The van der Waals surface area contributed by atoms with E-state index in [0.717, 1.165) is 60.1 Å². The van der Waals surface area contributed by atoms with E-state index in [-0.39, 0.29) is 0 Å². The number of rotatable bonds is 7. The van der Waals surface area contributed by atoms with E-state index in [1.54, 1.807) is 7.11 Å². The van der Waals surface area contributed by atoms with Crippen molar-refractivity contribution in [3.8, 4) is 17.0 Å². The van der Waals surface area contributed by atoms with Crippen LogP contribution in [0.5, 0.6) is 5.75 Å². The van der Waals surface area contributed by atoms with Crippen molar-refractivity contribution in [1.82, 2.24) is 19.5 Å². The number of nitrogens with one attached hydrogen (secondary N) is 1. The molecule has 4 aromatic rings. The molecule has 0 radical (unpaired) electrons. The predicted molar refractivity (Wildman–Crippen MR) is 141 cm³/mol. The zero-order chi connectivity index (χ0) is 23.5. The van der Waals surface area contributed by atoms with Crippen LogP contribution in [0, 0.1) is 5.92 Å². The van der Waals surface area contributed by atoms with Crippen molar-refractivity contribution in [2.24, 2.45) is 5.92 Å². The van der Waals surface area contributed by atoms with E-state index in [2.05, 4.69) is 39.6 Å². The molecule has 0 bridgehead atoms. The molecule has 2 aromatic heterocycles. The first-order valence-corrected chi connectivity index (χ1v) is 12.2. The largest absolute Gasteiger partial charge is 0.497 e. The minimum atomic E-state index is 0.558. The van der Waals surface area contributed by atoms with Gasteiger partial charge in [0, 0.05) is 42.5 Å². The Bertz CT molecular complexity index is 1290. The maximum absolute atomic E-state index is 6.48. The molecule has 5 rings (SSSR count). The van der Waals surface area contributed by atoms with Gasteiger partial charge >= 0.3 is 0 Å². The lowest BCUT2D eigenvalue weighted by Crippen LogP contribution is -2.37. The molecule has 174 valence electrons. The minimum Gasteiger partial charge on any atom is -0.497 e. The maximum Gasteiger partial charge on any atom is 0.151 e. The summed E-state index contributed by atoms with van der Waals surface area (Å²) >= 11 is 6.48. The molecule has 34 heavy (non-hydrogen) atoms. The van der Waals surface area contributed by atoms with Crippen molar-refractivity contribution in [3.05, 3.63) is 71.4 Å². The first-order valence-electron chi connectivity index (χ1n) is 11.8. The molecule has 1 fully saturated rings. The van der Waals surface area contributed by atoms with Gasteiger partial charge in [-0.05, 0) is 54.5 Å². The smallest absolute Gasteiger partial charge is 0.151 e. The number of ether oxygens (including phenoxy) is 1. The summed E-state index contributed by atoms with van der Waals surface area (Å²) in [6, 6.07) is 18.3. The summed E-state index contributed by atoms with van der Waals surface area (Å²) in [5, 5.41) is 8.93. The minimum absolute atomic E-state index is 0.558. The molecule has 1 aliphatic heterocycles. The number of piperidine rings is 1. The monoisotopic (exact) mass is 473 g/mol. The first kappa shape index (κ1) is 22.8. The van der Waals surface area contributed by atoms with E-state index < -0.39 is 0 Å². The number of hydrogen-bond acceptors (Lipinski definition) is 5. The van der Waals surface area contributed by atoms with Crippen LogP contribution in [0.1, 0.15) is 18.4 Å². The fraction of sp³-hybridized carbons (Fsp3) is 0.308. The number of hydrogen-bond donors (Lipinski definition) is 1. The van der Waals surface area contributed by atoms with Crippen LogP contribution in [0.4, 0.5) is 5.82 Å². The van der Waals surface area contributed by atoms with Gasteiger partial charge in [0.15, 0.2) is 5.65 Å². The van der Waals surface area contributed by atoms with Crippen LogP contribution in [-0.4, -0.2) is 54.1 Å². The molecule has 1 atom stereocenters. The molecule has 8 heteroatoms. The molecule has 1 aliphatic rings. The molecular weight excluding hydrogens is 445 g/mol. The molecule has 0 aliphatic carbocycles. The number of methoxy groups -OCH3 is 1. The second-order valence-electron chi connectivity index (χ2n) is 9.05. The average molecular weight is 474 g/mol. The van der Waals surface area contributed by atoms with Gasteiger partial charge < -0.3 is 10.1 Å². The molecule has 0 amide bonds. The van der Waals surface area contributed by atoms with Gasteiger partial charge in [-0.15, -0.1) is 0 Å². The Balaban J connectivity index is 1.32. The van der Waals surface area contributed by atoms with Crippen LogP contribution in [0.15, 0.2) is 60.8 Å². The summed E-state index contributed by atoms with van der Waals surface area (Å²) in [7, 11) is 3.75. The second-order valence-corrected chi connectivity index (χ2v) is 9.45. The number of likely N-dealkylation sites (tertiary alicyclic amines) is 1. The number of aromatic nitrogens is 3. The Hall–Kier alpha value is -3.03. The van der Waals surface area contributed by atoms with Gasteiger partial charge in [0.2, 0.25) is 0 Å². The number of fused-ring (bicyclic) bond motifs is 1. The number of benzene rings is 2. The highest BCUT2D eigenvalue weighted by Gasteiger charge is 2.21. The van der Waals surface area contributed by atoms with Gasteiger partial charge in [0.25, 0.3) is 0 Å². The van der Waals surface area contributed by atoms with E-state index in [1.807, 2.05) is 48.9 Å². The van der Waals surface area contributed by atoms with Gasteiger partial charge in [0.05, 0.1) is 12.8 Å². The van der Waals surface area contributed by atoms with Crippen LogP contribution < -0.4 is 15.5 Å². The third-order valence-corrected chi connectivity index (χ3v) is 6.84. The highest BCUT2D eigenvalue weighted by Crippen LogP contribution is 2.28. The SMILES string of the molecule is Bc1cnn2c(NCC3CCCN(Cc4cccc(OC)c4)C3)cc(-c3ccccc3Cl)nc12. The predicted octanol–water partition coefficient (Wildman–Crippen LogP) is 3.64. The molecule has 0 saturated carbocycles. The van der Waals surface area contributed by atoms with Gasteiger partial charge in [0.1, 0.15) is 19.4 Å². The molecule has 1 N–H and O–H groups in total. The molecule has 3 heterocycles. The third-order valence-electron chi connectivity index (χ3n) is 6.51. The molecule has 1 saturated heterocycles. The topological polar surface area (TPSA) is 54.7 Å². The van der Waals surface area contributed by atoms with Gasteiger partial charge in [-0.25, -0.2) is 4.98 Å². The van der Waals surface area contributed by atoms with Crippen molar-refractivity contribution in [2.45, 2.75) is 19.4 Å². The average Bonchev–Trinajstić information content (AvgIpc) is 3.24. The Morgan fingerprint density at radius 1 is 1.18 bits per heavy atom. The van der Waals surface area contributed by atoms with Crippen LogP contribution in [0.3, 0.4) is 0 Å². The highest BCUT2D eigenvalue weighted by atomic mass is 35.5. The number of halogens is 1. The van der Waals surface area contributed by atoms with Gasteiger partial charge in [-0.1, -0.05) is 41.9 Å². The van der Waals surface area contributed by atoms with E-state index >= 15 is 0 Å². The lowest BCUT2D eigenvalue weighted by Gasteiger charge is -2.33. The van der Waals surface area contributed by atoms with Crippen molar-refractivity contribution in [3.63, 3.8) is 0 Å². The molecule has 6 nitrogen and oxygen atoms in total. The van der Waals surface area contributed by atoms with Gasteiger partial charge in [-0.3, -0.25) is 4.90 Å². The van der Waals surface area contributed by atoms with Crippen LogP contribution in [-0.2, 0) is 6.54 Å². The first-order chi connectivity index (χ1) is 16.6. The molecular formula is C26H29BClN5O. The van der Waals surface area contributed by atoms with E-state index in [4.69, 9.17) is 21.3 Å². The number of nitrogens with zero attached hydrogens (tertiary/aromatic N) is 4. The zero-order valence-electron chi connectivity index (χ0n) is 19.7. The summed E-state index contributed by atoms with van der Waals surface area (Å²) in [4.78, 5) is 7.39. The van der Waals surface area contributed by atoms with Crippen LogP contribution in [0.25, 0.3) is 16.9 Å². The summed E-state index contributed by atoms with van der Waals surface area (Å²) in [6.45, 7) is 4.02. The summed E-state index contributed by atoms with van der Waals surface area (Å²) in [5.41, 5.74) is 4.97. The lowest BCUT2D eigenvalue weighted by atomic mass is 9.97. The normalized spacial score (nSPS) is 16.6. The van der Waals surface area contributed by atoms with Crippen LogP contribution >= 0.6 is 11.6 Å². The Morgan fingerprint density at radius 2 is 2.06 bits per heavy atom. The van der Waals surface area contributed by atoms with Crippen molar-refractivity contribution >= 4 is 36.4 Å². The summed E-state index contributed by atoms with van der Waals surface area (Å²) in [6.07, 6.45) is 4.28. The third kappa shape index (κ3) is 4.91. The van der Waals surface area contributed by atoms with E-state index in [1.165, 1.54) is 18.4 Å². The highest BCUT2D eigenvalue weighted by molar-refractivity contribution is 6.36. The number of anilines is 1. The molecule has 0 spiro atoms. The van der Waals surface area contributed by atoms with Crippen molar-refractivity contribution < 1.29 is 4.74 Å². The Kier molecular flexibility index (Phi) is 6.74. The van der Waals surface area contributed by atoms with Crippen LogP contribution in [0.2, 0.25) is 5.02 Å². The fourth-order valence-corrected chi connectivity index (χ4v) is 4.98. The molecule has 2 aromatic carbocycles. The fourth-order valence-electron chi connectivity index (χ4n) is 4.74. The Morgan fingerprint density at radius 3 is 2.91 bits per heavy atom. The van der Waals surface area contributed by atoms with Gasteiger partial charge in [-0.2, -0.15) is 9.61 Å². The standard InChI is InChI=1S/C26H29BClN5O/c1-34-20-8-4-6-18(12-20)16-32-11-5-7-19(17-32)14-29-25-13-24(21-9-2-3-10-23(21)28)31-26-22(27)15-30-33(25)26/h2-4,6,8-10,12-13,15,19,29H,5,7,11,14,16-17,27H2,1H3. The Labute approximate surface area is 206 Å². The van der Waals surface area contributed by atoms with Crippen molar-refractivity contribution in [1.29, 1.82) is 0 Å². The molecule has 1 unspecified atom stereocenters.